The van der Waals surface area contributed by atoms with E-state index in [2.05, 4.69) is 36.6 Å². The number of amides is 9. The minimum Gasteiger partial charge on any atom is -0.481 e. The number of pyridine rings is 2. The third kappa shape index (κ3) is 27.5. The molecule has 2 aliphatic rings. The first-order chi connectivity index (χ1) is 45.8. The average molecular weight is 1460 g/mol. The lowest BCUT2D eigenvalue weighted by Gasteiger charge is -2.36. The van der Waals surface area contributed by atoms with Crippen molar-refractivity contribution in [1.29, 1.82) is 0 Å². The average Bonchev–Trinajstić information content (AvgIpc) is 0.869. The van der Waals surface area contributed by atoms with E-state index in [1.54, 1.807) is 59.7 Å². The lowest BCUT2D eigenvalue weighted by atomic mass is 10.1. The molecule has 2 aliphatic heterocycles. The van der Waals surface area contributed by atoms with Crippen molar-refractivity contribution in [2.24, 2.45) is 0 Å². The van der Waals surface area contributed by atoms with Crippen LogP contribution < -0.4 is 26.6 Å². The summed E-state index contributed by atoms with van der Waals surface area (Å²) in [5, 5.41) is 24.6. The number of carboxylic acid groups (broad SMARTS) is 1. The van der Waals surface area contributed by atoms with E-state index in [4.69, 9.17) is 47.3 Å². The first-order valence-corrected chi connectivity index (χ1v) is 31.6. The Bertz CT molecular complexity index is 3760. The van der Waals surface area contributed by atoms with Gasteiger partial charge in [-0.05, 0) is 137 Å². The van der Waals surface area contributed by atoms with Crippen molar-refractivity contribution in [3.8, 4) is 0 Å². The van der Waals surface area contributed by atoms with E-state index in [0.29, 0.717) is 58.9 Å². The first kappa shape index (κ1) is 82.6. The summed E-state index contributed by atoms with van der Waals surface area (Å²) in [6.07, 6.45) is 0.424. The summed E-state index contributed by atoms with van der Waals surface area (Å²) >= 11 is 11.9. The van der Waals surface area contributed by atoms with Gasteiger partial charge in [0.1, 0.15) is 59.3 Å². The molecule has 4 aromatic carbocycles. The molecule has 25 nitrogen and oxygen atoms in total. The summed E-state index contributed by atoms with van der Waals surface area (Å²) in [7, 11) is 2.90. The summed E-state index contributed by atoms with van der Waals surface area (Å²) in [6.45, 7) is 14.7. The van der Waals surface area contributed by atoms with E-state index in [1.807, 2.05) is 20.8 Å². The predicted octanol–water partition coefficient (Wildman–Crippen LogP) is 11.6. The molecule has 540 valence electrons. The smallest absolute Gasteiger partial charge is 0.412 e. The number of aliphatic carboxylic acids is 1. The number of carboxylic acids is 1. The van der Waals surface area contributed by atoms with Gasteiger partial charge in [0.05, 0.1) is 22.1 Å². The normalized spacial score (nSPS) is 13.4. The number of piperazine rings is 2. The number of ether oxygens (including phenoxy) is 4. The van der Waals surface area contributed by atoms with Crippen LogP contribution in [0.5, 0.6) is 0 Å². The molecule has 0 bridgehead atoms. The topological polar surface area (TPSA) is 296 Å². The summed E-state index contributed by atoms with van der Waals surface area (Å²) < 4.78 is 75.9. The number of rotatable bonds is 18. The summed E-state index contributed by atoms with van der Waals surface area (Å²) in [6, 6.07) is 17.0. The maximum absolute atomic E-state index is 13.9. The van der Waals surface area contributed by atoms with Crippen LogP contribution in [-0.4, -0.2) is 191 Å². The second-order valence-electron chi connectivity index (χ2n) is 24.4. The highest BCUT2D eigenvalue weighted by molar-refractivity contribution is 7.59. The molecule has 9 amide bonds. The Hall–Kier alpha value is -8.78. The highest BCUT2D eigenvalue weighted by Gasteiger charge is 2.31. The fourth-order valence-corrected chi connectivity index (χ4v) is 9.82. The molecular formula is C66H84Cl2F4N12O13S2. The molecule has 2 fully saturated rings. The maximum Gasteiger partial charge on any atom is 0.412 e. The van der Waals surface area contributed by atoms with E-state index < -0.39 is 77.3 Å². The van der Waals surface area contributed by atoms with E-state index in [1.165, 1.54) is 97.0 Å². The molecule has 99 heavy (non-hydrogen) atoms. The number of aromatic nitrogens is 2. The van der Waals surface area contributed by atoms with Crippen LogP contribution in [0.3, 0.4) is 0 Å². The Labute approximate surface area is 594 Å². The Balaban J connectivity index is 0.000000358. The van der Waals surface area contributed by atoms with Crippen molar-refractivity contribution in [3.05, 3.63) is 142 Å². The molecule has 2 saturated heterocycles. The fraction of sp³-hybridized carbons (Fsp3) is 0.424. The van der Waals surface area contributed by atoms with Gasteiger partial charge in [0, 0.05) is 116 Å². The Kier molecular flexibility index (Phi) is 32.7. The number of benzene rings is 4. The molecule has 0 aliphatic carbocycles. The van der Waals surface area contributed by atoms with E-state index in [0.717, 1.165) is 26.2 Å². The fourth-order valence-electron chi connectivity index (χ4n) is 9.43. The van der Waals surface area contributed by atoms with Crippen molar-refractivity contribution in [3.63, 3.8) is 0 Å². The number of likely N-dealkylation sites (N-methyl/N-ethyl adjacent to an activating group) is 2. The largest absolute Gasteiger partial charge is 0.481 e. The highest BCUT2D eigenvalue weighted by atomic mass is 35.5. The van der Waals surface area contributed by atoms with Crippen LogP contribution in [0, 0.1) is 23.3 Å². The number of halogens is 6. The van der Waals surface area contributed by atoms with Gasteiger partial charge < -0.3 is 64.5 Å². The Morgan fingerprint density at radius 1 is 0.566 bits per heavy atom. The molecule has 33 heteroatoms. The molecule has 6 aromatic rings. The number of hydrogen-bond acceptors (Lipinski definition) is 15. The lowest BCUT2D eigenvalue weighted by molar-refractivity contribution is -0.137. The third-order valence-electron chi connectivity index (χ3n) is 14.7. The van der Waals surface area contributed by atoms with Gasteiger partial charge in [0.15, 0.2) is 0 Å². The van der Waals surface area contributed by atoms with Crippen molar-refractivity contribution in [2.45, 2.75) is 104 Å². The standard InChI is InChI=1S/C33H39ClF2N6O6.C24H23ClF2N4O5.C9H18N2O2.2H2S/c1-33(2,3)48-32(46)42-14-12-41(13-15-42)28(43)11-10-25(40(4)30(44)38-19-22-6-5-7-26(36)29(22)34)20-47-31(45)39-27-17-23-16-24(35)9-8-21(23)18-37-27;1-31(23(34)29-12-15-3-2-4-19(27)22(15)25)18(7-8-21(32)33)13-36-24(35)30-20-10-16-9-17(26)6-5-14(16)11-28-20;1-9(2,3)13-8(12)11-6-4-10-5-7-11;;/h5-9,16-18,25H,10-15,19-20H2,1-4H3,(H,38,44)(H,37,39,45);2-6,9-11,18H,7-8,12-13H2,1H3,(H,29,34)(H,32,33)(H,28,30,35);10H,4-7H2,1-3H3;2*1H2/t25-;18-;;;/m00.../s1. The van der Waals surface area contributed by atoms with Crippen LogP contribution in [0.15, 0.2) is 97.3 Å². The minimum atomic E-state index is -1.09. The quantitative estimate of drug-likeness (QED) is 0.0344. The van der Waals surface area contributed by atoms with Crippen LogP contribution in [0.25, 0.3) is 21.5 Å². The second kappa shape index (κ2) is 39.1. The van der Waals surface area contributed by atoms with Gasteiger partial charge in [-0.15, -0.1) is 0 Å². The minimum absolute atomic E-state index is 0. The van der Waals surface area contributed by atoms with Crippen molar-refractivity contribution in [2.75, 3.05) is 90.3 Å². The molecule has 0 saturated carbocycles. The Morgan fingerprint density at radius 3 is 1.36 bits per heavy atom. The van der Waals surface area contributed by atoms with Crippen LogP contribution in [0.2, 0.25) is 10.0 Å². The second-order valence-corrected chi connectivity index (χ2v) is 25.1. The predicted molar refractivity (Wildman–Crippen MR) is 376 cm³/mol. The number of carbonyl (C=O) groups excluding carboxylic acids is 7. The van der Waals surface area contributed by atoms with Gasteiger partial charge >= 0.3 is 42.4 Å². The maximum atomic E-state index is 13.9. The molecule has 6 N–H and O–H groups in total. The molecular weight excluding hydrogens is 1380 g/mol. The lowest BCUT2D eigenvalue weighted by Crippen LogP contribution is -2.52. The van der Waals surface area contributed by atoms with Crippen LogP contribution in [0.1, 0.15) is 78.4 Å². The van der Waals surface area contributed by atoms with Crippen molar-refractivity contribution >= 4 is 132 Å². The van der Waals surface area contributed by atoms with Gasteiger partial charge in [0.2, 0.25) is 5.91 Å². The van der Waals surface area contributed by atoms with E-state index in [9.17, 15) is 55.9 Å². The van der Waals surface area contributed by atoms with Gasteiger partial charge in [-0.2, -0.15) is 27.0 Å². The van der Waals surface area contributed by atoms with Crippen molar-refractivity contribution in [1.82, 2.24) is 50.4 Å². The van der Waals surface area contributed by atoms with Crippen molar-refractivity contribution < 1.29 is 80.0 Å². The summed E-state index contributed by atoms with van der Waals surface area (Å²) in [5.41, 5.74) is -0.291. The monoisotopic (exact) mass is 1460 g/mol. The number of nitrogens with one attached hydrogen (secondary N) is 5. The van der Waals surface area contributed by atoms with Crippen LogP contribution in [0.4, 0.5) is 58.0 Å². The summed E-state index contributed by atoms with van der Waals surface area (Å²) in [5.74, 6) is -3.15. The van der Waals surface area contributed by atoms with Gasteiger partial charge in [-0.1, -0.05) is 47.5 Å². The Morgan fingerprint density at radius 2 is 0.960 bits per heavy atom. The van der Waals surface area contributed by atoms with Gasteiger partial charge in [-0.25, -0.2) is 56.3 Å². The number of nitrogens with zero attached hydrogens (tertiary/aromatic N) is 7. The number of hydrogen-bond donors (Lipinski definition) is 6. The molecule has 4 heterocycles. The molecule has 0 unspecified atom stereocenters. The molecule has 0 radical (unpaired) electrons. The van der Waals surface area contributed by atoms with Gasteiger partial charge in [-0.3, -0.25) is 20.2 Å². The zero-order valence-corrected chi connectivity index (χ0v) is 59.5. The number of carbonyl (C=O) groups is 8. The van der Waals surface area contributed by atoms with Crippen LogP contribution in [-0.2, 0) is 41.6 Å². The zero-order chi connectivity index (χ0) is 71.1. The number of fused-ring (bicyclic) bond motifs is 2. The summed E-state index contributed by atoms with van der Waals surface area (Å²) in [4.78, 5) is 114. The molecule has 8 rings (SSSR count). The molecule has 2 atom stereocenters. The number of urea groups is 2. The third-order valence-corrected chi connectivity index (χ3v) is 15.6. The zero-order valence-electron chi connectivity index (χ0n) is 56.0. The van der Waals surface area contributed by atoms with Crippen LogP contribution >= 0.6 is 50.2 Å². The van der Waals surface area contributed by atoms with E-state index >= 15 is 0 Å². The SMILES string of the molecule is CC(C)(C)OC(=O)N1CCNCC1.CN(C(=O)NCc1cccc(F)c1Cl)[C@@H](CCC(=O)N1CCN(C(=O)OC(C)(C)C)CC1)COC(=O)Nc1cc2cc(F)ccc2cn1.CN(C(=O)NCc1cccc(F)c1Cl)[C@@H](CCC(=O)O)COC(=O)Nc1cc2cc(F)ccc2cn1.S.S. The van der Waals surface area contributed by atoms with E-state index in [-0.39, 0.29) is 118 Å². The molecule has 2 aromatic heterocycles. The first-order valence-electron chi connectivity index (χ1n) is 30.8. The highest BCUT2D eigenvalue weighted by Crippen LogP contribution is 2.24. The van der Waals surface area contributed by atoms with Gasteiger partial charge in [0.25, 0.3) is 0 Å². The molecule has 0 spiro atoms. The number of anilines is 2.